The van der Waals surface area contributed by atoms with Crippen LogP contribution in [0.3, 0.4) is 0 Å². The highest BCUT2D eigenvalue weighted by molar-refractivity contribution is 7.14. The molecule has 0 saturated carbocycles. The molecule has 1 heterocycles. The minimum atomic E-state index is -0.286. The summed E-state index contributed by atoms with van der Waals surface area (Å²) in [6.45, 7) is 11.2. The Labute approximate surface area is 187 Å². The van der Waals surface area contributed by atoms with Gasteiger partial charge in [0.15, 0.2) is 16.6 Å². The largest absolute Gasteiger partial charge is 0.490 e. The minimum Gasteiger partial charge on any atom is -0.490 e. The SMILES string of the molecule is CCOc1cc(C(=O)Nc2nc(-c3ccc(C)c(C)c3)cs2)cc(OCC)c1OCC. The Morgan fingerprint density at radius 3 is 2.16 bits per heavy atom. The molecule has 0 aliphatic carbocycles. The van der Waals surface area contributed by atoms with Gasteiger partial charge in [-0.15, -0.1) is 11.3 Å². The van der Waals surface area contributed by atoms with Crippen LogP contribution in [0.2, 0.25) is 0 Å². The van der Waals surface area contributed by atoms with Gasteiger partial charge in [0.1, 0.15) is 0 Å². The summed E-state index contributed by atoms with van der Waals surface area (Å²) in [5, 5.41) is 5.35. The summed E-state index contributed by atoms with van der Waals surface area (Å²) in [5.41, 5.74) is 4.71. The second-order valence-electron chi connectivity index (χ2n) is 6.89. The smallest absolute Gasteiger partial charge is 0.257 e. The number of thiazole rings is 1. The number of rotatable bonds is 9. The molecule has 3 aromatic rings. The molecule has 3 rings (SSSR count). The number of carbonyl (C=O) groups excluding carboxylic acids is 1. The van der Waals surface area contributed by atoms with Crippen molar-refractivity contribution >= 4 is 22.4 Å². The van der Waals surface area contributed by atoms with Crippen molar-refractivity contribution in [3.05, 3.63) is 52.4 Å². The quantitative estimate of drug-likeness (QED) is 0.450. The summed E-state index contributed by atoms with van der Waals surface area (Å²) in [6.07, 6.45) is 0. The van der Waals surface area contributed by atoms with Crippen LogP contribution in [-0.2, 0) is 0 Å². The number of amides is 1. The number of benzene rings is 2. The molecular weight excluding hydrogens is 412 g/mol. The van der Waals surface area contributed by atoms with E-state index in [1.165, 1.54) is 22.5 Å². The van der Waals surface area contributed by atoms with Crippen LogP contribution in [0, 0.1) is 13.8 Å². The van der Waals surface area contributed by atoms with E-state index in [0.29, 0.717) is 47.8 Å². The first kappa shape index (κ1) is 22.6. The van der Waals surface area contributed by atoms with E-state index in [0.717, 1.165) is 11.3 Å². The highest BCUT2D eigenvalue weighted by atomic mass is 32.1. The van der Waals surface area contributed by atoms with Crippen LogP contribution in [0.25, 0.3) is 11.3 Å². The Morgan fingerprint density at radius 2 is 1.58 bits per heavy atom. The Hall–Kier alpha value is -3.06. The lowest BCUT2D eigenvalue weighted by Gasteiger charge is -2.16. The van der Waals surface area contributed by atoms with Gasteiger partial charge in [-0.3, -0.25) is 10.1 Å². The third-order valence-corrected chi connectivity index (χ3v) is 5.46. The molecule has 0 aliphatic heterocycles. The molecule has 1 amide bonds. The molecule has 2 aromatic carbocycles. The van der Waals surface area contributed by atoms with Gasteiger partial charge in [0.25, 0.3) is 5.91 Å². The average molecular weight is 441 g/mol. The molecular formula is C24H28N2O4S. The monoisotopic (exact) mass is 440 g/mol. The second kappa shape index (κ2) is 10.3. The summed E-state index contributed by atoms with van der Waals surface area (Å²) in [5.74, 6) is 1.19. The van der Waals surface area contributed by atoms with Gasteiger partial charge in [-0.1, -0.05) is 12.1 Å². The van der Waals surface area contributed by atoms with Crippen molar-refractivity contribution in [2.24, 2.45) is 0 Å². The standard InChI is InChI=1S/C24H28N2O4S/c1-6-28-20-12-18(13-21(29-7-2)22(20)30-8-3)23(27)26-24-25-19(14-31-24)17-10-9-15(4)16(5)11-17/h9-14H,6-8H2,1-5H3,(H,25,26,27). The van der Waals surface area contributed by atoms with Crippen LogP contribution in [0.4, 0.5) is 5.13 Å². The van der Waals surface area contributed by atoms with E-state index >= 15 is 0 Å². The molecule has 0 spiro atoms. The maximum Gasteiger partial charge on any atom is 0.257 e. The molecule has 0 radical (unpaired) electrons. The molecule has 0 saturated heterocycles. The lowest BCUT2D eigenvalue weighted by Crippen LogP contribution is -2.13. The first-order chi connectivity index (χ1) is 15.0. The number of aromatic nitrogens is 1. The van der Waals surface area contributed by atoms with Crippen molar-refractivity contribution in [3.8, 4) is 28.5 Å². The van der Waals surface area contributed by atoms with Crippen molar-refractivity contribution in [2.45, 2.75) is 34.6 Å². The number of nitrogens with one attached hydrogen (secondary N) is 1. The van der Waals surface area contributed by atoms with E-state index in [-0.39, 0.29) is 5.91 Å². The molecule has 0 unspecified atom stereocenters. The average Bonchev–Trinajstić information content (AvgIpc) is 3.21. The number of anilines is 1. The molecule has 6 nitrogen and oxygen atoms in total. The van der Waals surface area contributed by atoms with Crippen molar-refractivity contribution in [1.82, 2.24) is 4.98 Å². The summed E-state index contributed by atoms with van der Waals surface area (Å²) < 4.78 is 17.1. The fourth-order valence-corrected chi connectivity index (χ4v) is 3.77. The molecule has 0 atom stereocenters. The number of aryl methyl sites for hydroxylation is 2. The Morgan fingerprint density at radius 1 is 0.935 bits per heavy atom. The molecule has 0 bridgehead atoms. The van der Waals surface area contributed by atoms with Crippen LogP contribution in [0.1, 0.15) is 42.3 Å². The minimum absolute atomic E-state index is 0.286. The molecule has 0 aliphatic rings. The predicted octanol–water partition coefficient (Wildman–Crippen LogP) is 5.88. The molecule has 1 aromatic heterocycles. The van der Waals surface area contributed by atoms with Crippen LogP contribution in [-0.4, -0.2) is 30.7 Å². The number of ether oxygens (including phenoxy) is 3. The van der Waals surface area contributed by atoms with Gasteiger partial charge < -0.3 is 14.2 Å². The zero-order chi connectivity index (χ0) is 22.4. The van der Waals surface area contributed by atoms with Crippen molar-refractivity contribution < 1.29 is 19.0 Å². The maximum absolute atomic E-state index is 12.9. The van der Waals surface area contributed by atoms with Crippen molar-refractivity contribution in [1.29, 1.82) is 0 Å². The van der Waals surface area contributed by atoms with Gasteiger partial charge in [0, 0.05) is 16.5 Å². The van der Waals surface area contributed by atoms with Gasteiger partial charge >= 0.3 is 0 Å². The van der Waals surface area contributed by atoms with Gasteiger partial charge in [0.05, 0.1) is 25.5 Å². The third-order valence-electron chi connectivity index (χ3n) is 4.70. The Kier molecular flexibility index (Phi) is 7.52. The van der Waals surface area contributed by atoms with Crippen LogP contribution >= 0.6 is 11.3 Å². The van der Waals surface area contributed by atoms with Gasteiger partial charge in [0.2, 0.25) is 5.75 Å². The maximum atomic E-state index is 12.9. The molecule has 164 valence electrons. The lowest BCUT2D eigenvalue weighted by molar-refractivity contribution is 0.102. The Bertz CT molecular complexity index is 1030. The number of carbonyl (C=O) groups is 1. The van der Waals surface area contributed by atoms with E-state index in [4.69, 9.17) is 14.2 Å². The molecule has 31 heavy (non-hydrogen) atoms. The highest BCUT2D eigenvalue weighted by Gasteiger charge is 2.19. The van der Waals surface area contributed by atoms with Gasteiger partial charge in [-0.05, 0) is 63.9 Å². The summed E-state index contributed by atoms with van der Waals surface area (Å²) in [6, 6.07) is 9.56. The number of nitrogens with zero attached hydrogens (tertiary/aromatic N) is 1. The Balaban J connectivity index is 1.86. The molecule has 7 heteroatoms. The zero-order valence-electron chi connectivity index (χ0n) is 18.6. The zero-order valence-corrected chi connectivity index (χ0v) is 19.4. The fraction of sp³-hybridized carbons (Fsp3) is 0.333. The topological polar surface area (TPSA) is 69.7 Å². The second-order valence-corrected chi connectivity index (χ2v) is 7.75. The normalized spacial score (nSPS) is 10.6. The van der Waals surface area contributed by atoms with Gasteiger partial charge in [-0.25, -0.2) is 4.98 Å². The van der Waals surface area contributed by atoms with E-state index in [9.17, 15) is 4.79 Å². The van der Waals surface area contributed by atoms with E-state index in [2.05, 4.69) is 36.3 Å². The van der Waals surface area contributed by atoms with Crippen molar-refractivity contribution in [3.63, 3.8) is 0 Å². The summed E-state index contributed by atoms with van der Waals surface area (Å²) in [7, 11) is 0. The highest BCUT2D eigenvalue weighted by Crippen LogP contribution is 2.39. The predicted molar refractivity (Wildman–Crippen MR) is 125 cm³/mol. The first-order valence-corrected chi connectivity index (χ1v) is 11.3. The van der Waals surface area contributed by atoms with Crippen LogP contribution < -0.4 is 19.5 Å². The van der Waals surface area contributed by atoms with E-state index in [1.54, 1.807) is 12.1 Å². The third kappa shape index (κ3) is 5.35. The number of hydrogen-bond acceptors (Lipinski definition) is 6. The summed E-state index contributed by atoms with van der Waals surface area (Å²) >= 11 is 1.39. The molecule has 1 N–H and O–H groups in total. The first-order valence-electron chi connectivity index (χ1n) is 10.4. The fourth-order valence-electron chi connectivity index (χ4n) is 3.05. The summed E-state index contributed by atoms with van der Waals surface area (Å²) in [4.78, 5) is 17.5. The van der Waals surface area contributed by atoms with E-state index in [1.807, 2.05) is 32.2 Å². The van der Waals surface area contributed by atoms with Gasteiger partial charge in [-0.2, -0.15) is 0 Å². The molecule has 0 fully saturated rings. The number of hydrogen-bond donors (Lipinski definition) is 1. The van der Waals surface area contributed by atoms with E-state index < -0.39 is 0 Å². The van der Waals surface area contributed by atoms with Crippen molar-refractivity contribution in [2.75, 3.05) is 25.1 Å². The van der Waals surface area contributed by atoms with Crippen LogP contribution in [0.5, 0.6) is 17.2 Å². The lowest BCUT2D eigenvalue weighted by atomic mass is 10.1. The van der Waals surface area contributed by atoms with Crippen LogP contribution in [0.15, 0.2) is 35.7 Å².